The van der Waals surface area contributed by atoms with Crippen LogP contribution in [0.3, 0.4) is 0 Å². The number of benzene rings is 1. The van der Waals surface area contributed by atoms with Crippen molar-refractivity contribution >= 4 is 49.2 Å². The number of fused-ring (bicyclic) bond motifs is 1. The molecule has 21 heavy (non-hydrogen) atoms. The topological polar surface area (TPSA) is 94.2 Å². The minimum Gasteiger partial charge on any atom is -0.408 e. The first-order valence-corrected chi connectivity index (χ1v) is 8.34. The Labute approximate surface area is 127 Å². The van der Waals surface area contributed by atoms with Gasteiger partial charge in [-0.15, -0.1) is 11.3 Å². The zero-order valence-corrected chi connectivity index (χ0v) is 12.9. The third-order valence-electron chi connectivity index (χ3n) is 2.79. The monoisotopic (exact) mass is 345 g/mol. The van der Waals surface area contributed by atoms with Gasteiger partial charge in [0.2, 0.25) is 0 Å². The van der Waals surface area contributed by atoms with Crippen LogP contribution in [0, 0.1) is 0 Å². The Balaban J connectivity index is 2.15. The average molecular weight is 346 g/mol. The molecule has 2 aromatic heterocycles. The van der Waals surface area contributed by atoms with Crippen LogP contribution in [-0.2, 0) is 17.1 Å². The predicted molar refractivity (Wildman–Crippen MR) is 79.4 cm³/mol. The molecule has 0 fully saturated rings. The molecule has 2 heterocycles. The van der Waals surface area contributed by atoms with Crippen LogP contribution in [0.5, 0.6) is 0 Å². The van der Waals surface area contributed by atoms with Crippen molar-refractivity contribution < 1.29 is 12.8 Å². The van der Waals surface area contributed by atoms with Crippen LogP contribution >= 0.6 is 22.9 Å². The van der Waals surface area contributed by atoms with E-state index in [4.69, 9.17) is 16.0 Å². The highest BCUT2D eigenvalue weighted by molar-refractivity contribution is 7.93. The van der Waals surface area contributed by atoms with Gasteiger partial charge in [0.25, 0.3) is 10.0 Å². The number of thiazole rings is 1. The van der Waals surface area contributed by atoms with Crippen LogP contribution in [0.1, 0.15) is 0 Å². The van der Waals surface area contributed by atoms with E-state index in [-0.39, 0.29) is 20.6 Å². The Hall–Kier alpha value is -1.84. The number of aromatic nitrogens is 2. The van der Waals surface area contributed by atoms with E-state index in [0.717, 1.165) is 11.3 Å². The van der Waals surface area contributed by atoms with Gasteiger partial charge in [-0.1, -0.05) is 11.6 Å². The lowest BCUT2D eigenvalue weighted by Crippen LogP contribution is -2.13. The number of anilines is 1. The summed E-state index contributed by atoms with van der Waals surface area (Å²) < 4.78 is 33.1. The second-order valence-corrected chi connectivity index (χ2v) is 7.07. The van der Waals surface area contributed by atoms with Crippen molar-refractivity contribution in [3.8, 4) is 0 Å². The quantitative estimate of drug-likeness (QED) is 0.784. The zero-order valence-electron chi connectivity index (χ0n) is 10.5. The van der Waals surface area contributed by atoms with Crippen molar-refractivity contribution in [1.29, 1.82) is 0 Å². The Morgan fingerprint density at radius 3 is 2.86 bits per heavy atom. The third-order valence-corrected chi connectivity index (χ3v) is 5.41. The van der Waals surface area contributed by atoms with E-state index >= 15 is 0 Å². The average Bonchev–Trinajstić information content (AvgIpc) is 2.99. The molecule has 0 atom stereocenters. The number of nitrogens with zero attached hydrogens (tertiary/aromatic N) is 2. The minimum atomic E-state index is -3.91. The number of sulfonamides is 1. The normalized spacial score (nSPS) is 11.9. The van der Waals surface area contributed by atoms with Crippen LogP contribution < -0.4 is 10.5 Å². The van der Waals surface area contributed by atoms with Gasteiger partial charge >= 0.3 is 5.76 Å². The Bertz CT molecular complexity index is 973. The molecular weight excluding hydrogens is 338 g/mol. The molecule has 0 saturated carbocycles. The van der Waals surface area contributed by atoms with Crippen molar-refractivity contribution in [3.05, 3.63) is 39.3 Å². The largest absolute Gasteiger partial charge is 0.419 e. The lowest BCUT2D eigenvalue weighted by molar-refractivity contribution is 0.527. The summed E-state index contributed by atoms with van der Waals surface area (Å²) in [5, 5.41) is 1.85. The summed E-state index contributed by atoms with van der Waals surface area (Å²) in [4.78, 5) is 15.1. The van der Waals surface area contributed by atoms with Crippen LogP contribution in [0.15, 0.2) is 37.8 Å². The molecule has 3 rings (SSSR count). The molecule has 1 aromatic carbocycles. The molecule has 10 heteroatoms. The van der Waals surface area contributed by atoms with Crippen molar-refractivity contribution in [1.82, 2.24) is 9.55 Å². The number of halogens is 1. The smallest absolute Gasteiger partial charge is 0.408 e. The highest BCUT2D eigenvalue weighted by atomic mass is 35.5. The number of hydrogen-bond acceptors (Lipinski definition) is 6. The number of nitrogens with one attached hydrogen (secondary N) is 1. The molecule has 0 saturated heterocycles. The maximum absolute atomic E-state index is 12.3. The maximum atomic E-state index is 12.3. The first-order chi connectivity index (χ1) is 9.88. The summed E-state index contributed by atoms with van der Waals surface area (Å²) in [7, 11) is -2.41. The molecule has 0 aliphatic carbocycles. The molecule has 0 unspecified atom stereocenters. The zero-order chi connectivity index (χ0) is 15.2. The van der Waals surface area contributed by atoms with E-state index in [1.807, 2.05) is 0 Å². The maximum Gasteiger partial charge on any atom is 0.419 e. The summed E-state index contributed by atoms with van der Waals surface area (Å²) in [5.41, 5.74) is 0.560. The second kappa shape index (κ2) is 4.86. The van der Waals surface area contributed by atoms with E-state index in [2.05, 4.69) is 9.71 Å². The van der Waals surface area contributed by atoms with Gasteiger partial charge in [-0.25, -0.2) is 18.2 Å². The summed E-state index contributed by atoms with van der Waals surface area (Å²) in [6.07, 6.45) is 1.48. The molecule has 0 radical (unpaired) electrons. The van der Waals surface area contributed by atoms with E-state index in [0.29, 0.717) is 5.52 Å². The summed E-state index contributed by atoms with van der Waals surface area (Å²) >= 11 is 7.15. The van der Waals surface area contributed by atoms with Crippen molar-refractivity contribution in [2.45, 2.75) is 4.90 Å². The molecule has 0 spiro atoms. The molecule has 7 nitrogen and oxygen atoms in total. The van der Waals surface area contributed by atoms with E-state index < -0.39 is 15.8 Å². The van der Waals surface area contributed by atoms with Gasteiger partial charge in [0, 0.05) is 24.7 Å². The van der Waals surface area contributed by atoms with Gasteiger partial charge in [0.15, 0.2) is 10.7 Å². The van der Waals surface area contributed by atoms with Crippen molar-refractivity contribution in [2.75, 3.05) is 4.72 Å². The van der Waals surface area contributed by atoms with Gasteiger partial charge in [-0.3, -0.25) is 9.29 Å². The molecule has 1 N–H and O–H groups in total. The molecule has 0 bridgehead atoms. The molecular formula is C11H8ClN3O4S2. The van der Waals surface area contributed by atoms with Gasteiger partial charge in [0.05, 0.1) is 10.5 Å². The highest BCUT2D eigenvalue weighted by Crippen LogP contribution is 2.28. The van der Waals surface area contributed by atoms with Crippen LogP contribution in [0.4, 0.5) is 5.13 Å². The number of aryl methyl sites for hydroxylation is 1. The third kappa shape index (κ3) is 2.43. The molecule has 0 aliphatic rings. The van der Waals surface area contributed by atoms with Crippen molar-refractivity contribution in [3.63, 3.8) is 0 Å². The number of rotatable bonds is 3. The SMILES string of the molecule is Cn1c(=O)oc2cc(S(=O)(=O)Nc3nccs3)c(Cl)cc21. The van der Waals surface area contributed by atoms with E-state index in [1.54, 1.807) is 5.38 Å². The van der Waals surface area contributed by atoms with Crippen LogP contribution in [0.25, 0.3) is 11.1 Å². The van der Waals surface area contributed by atoms with Crippen LogP contribution in [0.2, 0.25) is 5.02 Å². The van der Waals surface area contributed by atoms with E-state index in [1.165, 1.54) is 29.9 Å². The Morgan fingerprint density at radius 2 is 2.19 bits per heavy atom. The van der Waals surface area contributed by atoms with Gasteiger partial charge in [0.1, 0.15) is 4.90 Å². The van der Waals surface area contributed by atoms with Gasteiger partial charge in [-0.05, 0) is 6.07 Å². The minimum absolute atomic E-state index is 0.0112. The fraction of sp³-hybridized carbons (Fsp3) is 0.0909. The molecule has 110 valence electrons. The molecule has 0 aliphatic heterocycles. The first kappa shape index (κ1) is 14.1. The molecule has 3 aromatic rings. The summed E-state index contributed by atoms with van der Waals surface area (Å²) in [6, 6.07) is 2.59. The van der Waals surface area contributed by atoms with Crippen molar-refractivity contribution in [2.24, 2.45) is 7.05 Å². The molecule has 0 amide bonds. The number of hydrogen-bond donors (Lipinski definition) is 1. The first-order valence-electron chi connectivity index (χ1n) is 5.60. The number of oxazole rings is 1. The van der Waals surface area contributed by atoms with E-state index in [9.17, 15) is 13.2 Å². The Kier molecular flexibility index (Phi) is 3.27. The van der Waals surface area contributed by atoms with Gasteiger partial charge in [-0.2, -0.15) is 0 Å². The van der Waals surface area contributed by atoms with Crippen LogP contribution in [-0.4, -0.2) is 18.0 Å². The summed E-state index contributed by atoms with van der Waals surface area (Å²) in [5.74, 6) is -0.594. The standard InChI is InChI=1S/C11H8ClN3O4S2/c1-15-7-4-6(12)9(5-8(7)19-11(15)16)21(17,18)14-10-13-2-3-20-10/h2-5H,1H3,(H,13,14). The second-order valence-electron chi connectivity index (χ2n) is 4.12. The lowest BCUT2D eigenvalue weighted by Gasteiger charge is -2.07. The Morgan fingerprint density at radius 1 is 1.43 bits per heavy atom. The lowest BCUT2D eigenvalue weighted by atomic mass is 10.3. The summed E-state index contributed by atoms with van der Waals surface area (Å²) in [6.45, 7) is 0. The fourth-order valence-corrected chi connectivity index (χ4v) is 4.11. The fourth-order valence-electron chi connectivity index (χ4n) is 1.78. The predicted octanol–water partition coefficient (Wildman–Crippen LogP) is 2.04. The van der Waals surface area contributed by atoms with Gasteiger partial charge < -0.3 is 4.42 Å². The highest BCUT2D eigenvalue weighted by Gasteiger charge is 2.22.